The largest absolute Gasteiger partial charge is 0.265 e. The molecule has 0 saturated carbocycles. The van der Waals surface area contributed by atoms with Crippen molar-refractivity contribution in [2.24, 2.45) is 0 Å². The number of hydrogen-bond acceptors (Lipinski definition) is 3. The van der Waals surface area contributed by atoms with Gasteiger partial charge in [0.2, 0.25) is 0 Å². The summed E-state index contributed by atoms with van der Waals surface area (Å²) < 4.78 is 4.53. The van der Waals surface area contributed by atoms with Crippen molar-refractivity contribution in [1.29, 1.82) is 0 Å². The SMILES string of the molecule is [CH-]=O.[CH-]=O.[I][W]([I])#[N+]c1ccccc1.c1ccncc1. The molecule has 0 bridgehead atoms. The third-order valence-corrected chi connectivity index (χ3v) is 5.97. The van der Waals surface area contributed by atoms with E-state index in [1.165, 1.54) is 0 Å². The predicted molar refractivity (Wildman–Crippen MR) is 95.2 cm³/mol. The Hall–Kier alpha value is -0.432. The second-order valence-corrected chi connectivity index (χ2v) is 32.2. The first-order valence-corrected chi connectivity index (χ1v) is 22.9. The Labute approximate surface area is 145 Å². The molecule has 0 saturated heterocycles. The van der Waals surface area contributed by atoms with Gasteiger partial charge in [-0.05, 0) is 12.1 Å². The molecule has 0 aliphatic carbocycles. The quantitative estimate of drug-likeness (QED) is 0.238. The molecule has 0 amide bonds. The predicted octanol–water partition coefficient (Wildman–Crippen LogP) is 4.46. The van der Waals surface area contributed by atoms with Crippen LogP contribution in [0.4, 0.5) is 5.69 Å². The Kier molecular flexibility index (Phi) is 20.3. The van der Waals surface area contributed by atoms with E-state index < -0.39 is 9.58 Å². The van der Waals surface area contributed by atoms with E-state index in [0.29, 0.717) is 0 Å². The minimum Gasteiger partial charge on any atom is -0.265 e. The molecule has 0 fully saturated rings. The minimum absolute atomic E-state index is 1.14. The van der Waals surface area contributed by atoms with Gasteiger partial charge in [-0.2, -0.15) is 0 Å². The summed E-state index contributed by atoms with van der Waals surface area (Å²) in [4.78, 5) is 19.3. The van der Waals surface area contributed by atoms with Gasteiger partial charge in [0.25, 0.3) is 0 Å². The van der Waals surface area contributed by atoms with Crippen LogP contribution in [0.1, 0.15) is 0 Å². The van der Waals surface area contributed by atoms with E-state index in [4.69, 9.17) is 9.59 Å². The van der Waals surface area contributed by atoms with E-state index in [0.717, 1.165) is 5.69 Å². The van der Waals surface area contributed by atoms with Crippen LogP contribution in [0.25, 0.3) is 3.31 Å². The zero-order valence-electron chi connectivity index (χ0n) is 10.3. The molecular weight excluding hydrogens is 654 g/mol. The maximum Gasteiger partial charge on any atom is 0.0267 e. The summed E-state index contributed by atoms with van der Waals surface area (Å²) in [6, 6.07) is 15.9. The van der Waals surface area contributed by atoms with Crippen molar-refractivity contribution in [1.82, 2.24) is 4.98 Å². The molecule has 0 aliphatic rings. The maximum atomic E-state index is 7.75. The van der Waals surface area contributed by atoms with E-state index >= 15 is 0 Å². The Morgan fingerprint density at radius 1 is 0.850 bits per heavy atom. The molecule has 1 heterocycles. The fourth-order valence-electron chi connectivity index (χ4n) is 0.881. The summed E-state index contributed by atoms with van der Waals surface area (Å²) in [5, 5.41) is 0. The van der Waals surface area contributed by atoms with Gasteiger partial charge in [0.1, 0.15) is 0 Å². The van der Waals surface area contributed by atoms with Gasteiger partial charge in [-0.1, -0.05) is 6.07 Å². The van der Waals surface area contributed by atoms with Crippen LogP contribution in [0, 0.1) is 0 Å². The fourth-order valence-corrected chi connectivity index (χ4v) is 5.61. The second-order valence-electron chi connectivity index (χ2n) is 2.65. The first-order chi connectivity index (χ1) is 9.79. The third-order valence-electron chi connectivity index (χ3n) is 1.50. The van der Waals surface area contributed by atoms with Crippen molar-refractivity contribution in [3.63, 3.8) is 0 Å². The fraction of sp³-hybridized carbons (Fsp3) is 0. The van der Waals surface area contributed by atoms with Crippen LogP contribution in [0.3, 0.4) is 0 Å². The van der Waals surface area contributed by atoms with Crippen LogP contribution >= 0.6 is 38.7 Å². The number of carbonyl (C=O) groups excluding carboxylic acids is 2. The van der Waals surface area contributed by atoms with Crippen LogP contribution < -0.4 is 0 Å². The Balaban J connectivity index is 0. The molecule has 2 rings (SSSR count). The summed E-state index contributed by atoms with van der Waals surface area (Å²) >= 11 is 4.92. The standard InChI is InChI=1S/C6H5N.C5H5N.2CHO.2HI.W/c7-6-4-2-1-3-5-6;1-2-4-6-5-3-1;2*1-2;;;/h1-5H;1-5H;2*1H;2*1H;/q+1;;2*-1;;;+2/p-2. The summed E-state index contributed by atoms with van der Waals surface area (Å²) in [7, 11) is -1.30. The Bertz CT molecular complexity index is 481. The van der Waals surface area contributed by atoms with Gasteiger partial charge in [-0.15, -0.1) is 0 Å². The number of benzene rings is 1. The van der Waals surface area contributed by atoms with Crippen LogP contribution in [-0.2, 0) is 19.2 Å². The molecule has 1 aromatic heterocycles. The molecular formula is C13H12I2N2O2W-. The summed E-state index contributed by atoms with van der Waals surface area (Å²) in [5.74, 6) is 0. The van der Waals surface area contributed by atoms with Gasteiger partial charge < -0.3 is 9.59 Å². The first kappa shape index (κ1) is 21.9. The molecule has 0 aliphatic heterocycles. The van der Waals surface area contributed by atoms with Gasteiger partial charge in [0, 0.05) is 12.4 Å². The Morgan fingerprint density at radius 2 is 1.30 bits per heavy atom. The molecule has 107 valence electrons. The van der Waals surface area contributed by atoms with Crippen LogP contribution in [-0.4, -0.2) is 18.6 Å². The van der Waals surface area contributed by atoms with E-state index in [-0.39, 0.29) is 0 Å². The van der Waals surface area contributed by atoms with Crippen molar-refractivity contribution in [2.45, 2.75) is 0 Å². The number of pyridine rings is 1. The first-order valence-electron chi connectivity index (χ1n) is 4.95. The number of aromatic nitrogens is 1. The normalized spacial score (nSPS) is 7.10. The molecule has 0 N–H and O–H groups in total. The number of nitrogens with zero attached hydrogens (tertiary/aromatic N) is 2. The maximum absolute atomic E-state index is 7.75. The van der Waals surface area contributed by atoms with Gasteiger partial charge in [-0.3, -0.25) is 18.6 Å². The zero-order chi connectivity index (χ0) is 15.6. The van der Waals surface area contributed by atoms with Crippen molar-refractivity contribution in [3.8, 4) is 0 Å². The van der Waals surface area contributed by atoms with E-state index in [2.05, 4.69) is 72.7 Å². The topological polar surface area (TPSA) is 51.4 Å². The summed E-state index contributed by atoms with van der Waals surface area (Å²) in [6.07, 6.45) is 3.50. The smallest absolute Gasteiger partial charge is 0.0267 e. The van der Waals surface area contributed by atoms with Crippen molar-refractivity contribution < 1.29 is 19.2 Å². The molecule has 20 heavy (non-hydrogen) atoms. The Morgan fingerprint density at radius 3 is 1.60 bits per heavy atom. The van der Waals surface area contributed by atoms with Gasteiger partial charge in [0.05, 0.1) is 0 Å². The molecule has 2 aromatic rings. The van der Waals surface area contributed by atoms with Gasteiger partial charge in [-0.25, -0.2) is 0 Å². The second kappa shape index (κ2) is 18.6. The van der Waals surface area contributed by atoms with Gasteiger partial charge >= 0.3 is 87.6 Å². The van der Waals surface area contributed by atoms with Crippen LogP contribution in [0.15, 0.2) is 60.9 Å². The average Bonchev–Trinajstić information content (AvgIpc) is 2.54. The summed E-state index contributed by atoms with van der Waals surface area (Å²) in [6.45, 7) is 6.50. The van der Waals surface area contributed by atoms with Crippen LogP contribution in [0.2, 0.25) is 0 Å². The minimum atomic E-state index is -1.30. The number of hydrogen-bond donors (Lipinski definition) is 0. The third kappa shape index (κ3) is 15.6. The molecule has 0 unspecified atom stereocenters. The summed E-state index contributed by atoms with van der Waals surface area (Å²) in [5.41, 5.74) is 1.14. The van der Waals surface area contributed by atoms with Crippen molar-refractivity contribution in [2.75, 3.05) is 0 Å². The van der Waals surface area contributed by atoms with E-state index in [1.54, 1.807) is 12.4 Å². The molecule has 0 atom stereocenters. The van der Waals surface area contributed by atoms with E-state index in [1.807, 2.05) is 36.4 Å². The average molecular weight is 666 g/mol. The van der Waals surface area contributed by atoms with Crippen molar-refractivity contribution >= 4 is 58.0 Å². The monoisotopic (exact) mass is 666 g/mol. The van der Waals surface area contributed by atoms with Crippen molar-refractivity contribution in [3.05, 3.63) is 64.2 Å². The molecule has 1 aromatic carbocycles. The van der Waals surface area contributed by atoms with Crippen LogP contribution in [0.5, 0.6) is 0 Å². The number of rotatable bonds is 0. The van der Waals surface area contributed by atoms with E-state index in [9.17, 15) is 0 Å². The molecule has 0 spiro atoms. The zero-order valence-corrected chi connectivity index (χ0v) is 17.6. The number of halogens is 2. The van der Waals surface area contributed by atoms with Gasteiger partial charge in [0.15, 0.2) is 0 Å². The molecule has 7 heteroatoms. The molecule has 4 nitrogen and oxygen atoms in total. The molecule has 0 radical (unpaired) electrons.